The van der Waals surface area contributed by atoms with Gasteiger partial charge >= 0.3 is 0 Å². The molecule has 1 unspecified atom stereocenters. The van der Waals surface area contributed by atoms with Crippen molar-refractivity contribution < 1.29 is 18.3 Å². The molecule has 5 nitrogen and oxygen atoms in total. The summed E-state index contributed by atoms with van der Waals surface area (Å²) in [5.74, 6) is -1.10. The minimum absolute atomic E-state index is 0.0558. The van der Waals surface area contributed by atoms with Crippen molar-refractivity contribution in [3.8, 4) is 11.8 Å². The van der Waals surface area contributed by atoms with Crippen molar-refractivity contribution in [2.24, 2.45) is 5.73 Å². The average molecular weight is 546 g/mol. The minimum atomic E-state index is -0.671. The lowest BCUT2D eigenvalue weighted by atomic mass is 9.73. The van der Waals surface area contributed by atoms with Gasteiger partial charge in [0.05, 0.1) is 28.3 Å². The molecule has 3 aromatic carbocycles. The van der Waals surface area contributed by atoms with E-state index in [4.69, 9.17) is 22.1 Å². The number of nitrogens with zero attached hydrogens (tertiary/aromatic N) is 2. The Balaban J connectivity index is 1.63. The lowest BCUT2D eigenvalue weighted by Crippen LogP contribution is -2.39. The van der Waals surface area contributed by atoms with Crippen LogP contribution in [0.15, 0.2) is 77.3 Å². The Kier molecular flexibility index (Phi) is 7.16. The van der Waals surface area contributed by atoms with Gasteiger partial charge in [-0.25, -0.2) is 8.78 Å². The molecule has 198 valence electrons. The molecule has 0 fully saturated rings. The second-order valence-electron chi connectivity index (χ2n) is 9.80. The van der Waals surface area contributed by atoms with Crippen LogP contribution >= 0.6 is 11.6 Å². The minimum Gasteiger partial charge on any atom is -0.487 e. The molecule has 0 spiro atoms. The first-order valence-corrected chi connectivity index (χ1v) is 13.0. The van der Waals surface area contributed by atoms with E-state index in [0.717, 1.165) is 22.3 Å². The maximum Gasteiger partial charge on any atom is 0.161 e. The maximum absolute atomic E-state index is 14.2. The van der Waals surface area contributed by atoms with Crippen LogP contribution < -0.4 is 15.4 Å². The highest BCUT2D eigenvalue weighted by atomic mass is 35.5. The average Bonchev–Trinajstić information content (AvgIpc) is 2.89. The van der Waals surface area contributed by atoms with Crippen molar-refractivity contribution in [3.05, 3.63) is 116 Å². The first-order valence-electron chi connectivity index (χ1n) is 12.6. The number of ketones is 1. The fraction of sp³-hybridized carbons (Fsp3) is 0.226. The number of benzene rings is 3. The van der Waals surface area contributed by atoms with E-state index in [1.807, 2.05) is 26.0 Å². The van der Waals surface area contributed by atoms with E-state index >= 15 is 0 Å². The largest absolute Gasteiger partial charge is 0.487 e. The van der Waals surface area contributed by atoms with Crippen LogP contribution in [-0.4, -0.2) is 5.78 Å². The number of carbonyl (C=O) groups is 1. The molecule has 0 bridgehead atoms. The van der Waals surface area contributed by atoms with Crippen molar-refractivity contribution in [2.45, 2.75) is 45.6 Å². The van der Waals surface area contributed by atoms with Crippen molar-refractivity contribution >= 4 is 23.1 Å². The van der Waals surface area contributed by atoms with E-state index in [1.54, 1.807) is 17.0 Å². The third kappa shape index (κ3) is 4.88. The molecule has 3 aromatic rings. The third-order valence-electron chi connectivity index (χ3n) is 7.27. The summed E-state index contributed by atoms with van der Waals surface area (Å²) in [5.41, 5.74) is 11.9. The zero-order valence-corrected chi connectivity index (χ0v) is 22.3. The quantitative estimate of drug-likeness (QED) is 0.369. The predicted octanol–water partition coefficient (Wildman–Crippen LogP) is 7.12. The van der Waals surface area contributed by atoms with Gasteiger partial charge in [-0.3, -0.25) is 9.69 Å². The van der Waals surface area contributed by atoms with Gasteiger partial charge in [-0.05, 0) is 79.8 Å². The molecular formula is C31H26ClF2N3O2. The number of hydrogen-bond acceptors (Lipinski definition) is 5. The van der Waals surface area contributed by atoms with Crippen molar-refractivity contribution in [2.75, 3.05) is 4.90 Å². The first kappa shape index (κ1) is 26.5. The zero-order valence-electron chi connectivity index (χ0n) is 21.5. The molecule has 0 saturated heterocycles. The molecule has 0 aromatic heterocycles. The standard InChI is InChI=1S/C31H26ClF2N3O2/c1-17-11-19(16-39-28-10-9-21(34)14-25(28)32)18(2)23(12-17)29-24(15-35)31(36)37(22-6-3-5-20(33)13-22)26-7-4-8-27(38)30(26)29/h3,5-6,9-14,29H,4,7-8,16,36H2,1-2H3. The van der Waals surface area contributed by atoms with Gasteiger partial charge in [0.25, 0.3) is 0 Å². The highest BCUT2D eigenvalue weighted by molar-refractivity contribution is 6.32. The van der Waals surface area contributed by atoms with E-state index in [9.17, 15) is 18.8 Å². The Hall–Kier alpha value is -4.15. The Morgan fingerprint density at radius 1 is 1.10 bits per heavy atom. The van der Waals surface area contributed by atoms with Crippen LogP contribution in [0.4, 0.5) is 14.5 Å². The molecule has 39 heavy (non-hydrogen) atoms. The summed E-state index contributed by atoms with van der Waals surface area (Å²) in [7, 11) is 0. The van der Waals surface area contributed by atoms with Crippen molar-refractivity contribution in [1.82, 2.24) is 0 Å². The van der Waals surface area contributed by atoms with E-state index in [2.05, 4.69) is 6.07 Å². The Morgan fingerprint density at radius 3 is 2.59 bits per heavy atom. The van der Waals surface area contributed by atoms with E-state index in [-0.39, 0.29) is 28.8 Å². The van der Waals surface area contributed by atoms with Crippen LogP contribution in [0.3, 0.4) is 0 Å². The smallest absolute Gasteiger partial charge is 0.161 e. The fourth-order valence-electron chi connectivity index (χ4n) is 5.47. The normalized spacial score (nSPS) is 17.3. The second-order valence-corrected chi connectivity index (χ2v) is 10.2. The number of carbonyl (C=O) groups excluding carboxylic acids is 1. The third-order valence-corrected chi connectivity index (χ3v) is 7.56. The zero-order chi connectivity index (χ0) is 27.8. The number of nitriles is 1. The number of Topliss-reactive ketones (excluding diaryl/α,β-unsaturated/α-hetero) is 1. The number of rotatable bonds is 5. The molecule has 1 aliphatic carbocycles. The van der Waals surface area contributed by atoms with Gasteiger partial charge in [0.15, 0.2) is 5.78 Å². The number of ether oxygens (including phenoxy) is 1. The first-order chi connectivity index (χ1) is 18.7. The summed E-state index contributed by atoms with van der Waals surface area (Å²) >= 11 is 6.15. The molecule has 5 rings (SSSR count). The van der Waals surface area contributed by atoms with Crippen LogP contribution in [0.5, 0.6) is 5.75 Å². The highest BCUT2D eigenvalue weighted by Crippen LogP contribution is 2.47. The number of nitrogens with two attached hydrogens (primary N) is 1. The van der Waals surface area contributed by atoms with E-state index in [1.165, 1.54) is 30.3 Å². The van der Waals surface area contributed by atoms with Gasteiger partial charge < -0.3 is 10.5 Å². The van der Waals surface area contributed by atoms with Crippen LogP contribution in [0.1, 0.15) is 47.4 Å². The number of hydrogen-bond donors (Lipinski definition) is 1. The topological polar surface area (TPSA) is 79.3 Å². The molecule has 1 aliphatic heterocycles. The Bertz CT molecular complexity index is 1610. The number of allylic oxidation sites excluding steroid dienone is 3. The summed E-state index contributed by atoms with van der Waals surface area (Å²) in [6, 6.07) is 16.1. The van der Waals surface area contributed by atoms with Crippen LogP contribution in [0.25, 0.3) is 0 Å². The lowest BCUT2D eigenvalue weighted by Gasteiger charge is -2.40. The molecule has 8 heteroatoms. The Morgan fingerprint density at radius 2 is 1.87 bits per heavy atom. The molecule has 2 aliphatic rings. The van der Waals surface area contributed by atoms with E-state index in [0.29, 0.717) is 42.0 Å². The van der Waals surface area contributed by atoms with Crippen molar-refractivity contribution in [1.29, 1.82) is 5.26 Å². The van der Waals surface area contributed by atoms with Crippen molar-refractivity contribution in [3.63, 3.8) is 0 Å². The summed E-state index contributed by atoms with van der Waals surface area (Å²) in [6.45, 7) is 3.99. The summed E-state index contributed by atoms with van der Waals surface area (Å²) in [5, 5.41) is 10.5. The predicted molar refractivity (Wildman–Crippen MR) is 146 cm³/mol. The molecular weight excluding hydrogens is 520 g/mol. The summed E-state index contributed by atoms with van der Waals surface area (Å²) in [6.07, 6.45) is 1.56. The van der Waals surface area contributed by atoms with Gasteiger partial charge in [0.1, 0.15) is 29.8 Å². The molecule has 0 radical (unpaired) electrons. The summed E-state index contributed by atoms with van der Waals surface area (Å²) in [4.78, 5) is 15.1. The Labute approximate surface area is 230 Å². The second kappa shape index (κ2) is 10.5. The molecule has 1 atom stereocenters. The van der Waals surface area contributed by atoms with Gasteiger partial charge in [-0.1, -0.05) is 35.4 Å². The van der Waals surface area contributed by atoms with Gasteiger partial charge in [0.2, 0.25) is 0 Å². The number of halogens is 3. The van der Waals surface area contributed by atoms with Gasteiger partial charge in [-0.2, -0.15) is 5.26 Å². The highest BCUT2D eigenvalue weighted by Gasteiger charge is 2.41. The SMILES string of the molecule is Cc1cc(COc2ccc(F)cc2Cl)c(C)c(C2C(C#N)=C(N)N(c3cccc(F)c3)C3=C2C(=O)CCC3)c1. The van der Waals surface area contributed by atoms with E-state index < -0.39 is 17.6 Å². The monoisotopic (exact) mass is 545 g/mol. The van der Waals surface area contributed by atoms with Crippen LogP contribution in [0, 0.1) is 36.8 Å². The van der Waals surface area contributed by atoms with Crippen LogP contribution in [0.2, 0.25) is 5.02 Å². The number of aryl methyl sites for hydroxylation is 1. The molecule has 0 saturated carbocycles. The fourth-order valence-corrected chi connectivity index (χ4v) is 5.69. The summed E-state index contributed by atoms with van der Waals surface area (Å²) < 4.78 is 33.6. The van der Waals surface area contributed by atoms with Crippen LogP contribution in [-0.2, 0) is 11.4 Å². The van der Waals surface area contributed by atoms with Gasteiger partial charge in [-0.15, -0.1) is 0 Å². The molecule has 2 N–H and O–H groups in total. The lowest BCUT2D eigenvalue weighted by molar-refractivity contribution is -0.116. The molecule has 0 amide bonds. The maximum atomic E-state index is 14.2. The number of anilines is 1. The molecule has 1 heterocycles. The van der Waals surface area contributed by atoms with Gasteiger partial charge in [0, 0.05) is 17.7 Å².